The Morgan fingerprint density at radius 3 is 2.40 bits per heavy atom. The van der Waals surface area contributed by atoms with Gasteiger partial charge < -0.3 is 9.88 Å². The number of fused-ring (bicyclic) bond motifs is 1. The first-order valence-electron chi connectivity index (χ1n) is 8.08. The van der Waals surface area contributed by atoms with Crippen LogP contribution < -0.4 is 0 Å². The predicted molar refractivity (Wildman–Crippen MR) is 97.8 cm³/mol. The molecule has 0 unspecified atom stereocenters. The summed E-state index contributed by atoms with van der Waals surface area (Å²) in [6.45, 7) is 0.825. The van der Waals surface area contributed by atoms with Crippen LogP contribution in [0.5, 0.6) is 0 Å². The fourth-order valence-electron chi connectivity index (χ4n) is 2.92. The number of nitrogens with zero attached hydrogens (tertiary/aromatic N) is 1. The van der Waals surface area contributed by atoms with Gasteiger partial charge in [-0.15, -0.1) is 0 Å². The lowest BCUT2D eigenvalue weighted by molar-refractivity contribution is 0.414. The minimum absolute atomic E-state index is 0.129. The zero-order valence-corrected chi connectivity index (χ0v) is 15.1. The molecule has 0 saturated carbocycles. The van der Waals surface area contributed by atoms with Crippen LogP contribution >= 0.6 is 0 Å². The van der Waals surface area contributed by atoms with Crippen molar-refractivity contribution < 1.29 is 12.8 Å². The highest BCUT2D eigenvalue weighted by molar-refractivity contribution is 7.90. The van der Waals surface area contributed by atoms with Crippen LogP contribution in [0.3, 0.4) is 0 Å². The lowest BCUT2D eigenvalue weighted by Crippen LogP contribution is -2.16. The van der Waals surface area contributed by atoms with Crippen molar-refractivity contribution >= 4 is 20.7 Å². The second-order valence-electron chi connectivity index (χ2n) is 6.39. The van der Waals surface area contributed by atoms with E-state index in [0.29, 0.717) is 5.69 Å². The molecule has 0 aliphatic heterocycles. The molecule has 0 atom stereocenters. The van der Waals surface area contributed by atoms with Crippen LogP contribution in [0.1, 0.15) is 11.3 Å². The van der Waals surface area contributed by atoms with Gasteiger partial charge in [0.05, 0.1) is 10.6 Å². The summed E-state index contributed by atoms with van der Waals surface area (Å²) in [5.41, 5.74) is 2.66. The van der Waals surface area contributed by atoms with Crippen molar-refractivity contribution in [3.8, 4) is 0 Å². The van der Waals surface area contributed by atoms with Crippen molar-refractivity contribution in [3.63, 3.8) is 0 Å². The number of benzene rings is 2. The molecule has 1 N–H and O–H groups in total. The van der Waals surface area contributed by atoms with Crippen LogP contribution in [0.25, 0.3) is 10.9 Å². The average molecular weight is 360 g/mol. The SMILES string of the molecule is CN(C)CCc1c(CS(=O)(=O)c2ccc(F)cc2)[nH]c2ccccc12. The Morgan fingerprint density at radius 1 is 1.04 bits per heavy atom. The molecule has 0 fully saturated rings. The summed E-state index contributed by atoms with van der Waals surface area (Å²) in [4.78, 5) is 5.45. The van der Waals surface area contributed by atoms with E-state index >= 15 is 0 Å². The van der Waals surface area contributed by atoms with Crippen LogP contribution in [0.4, 0.5) is 4.39 Å². The molecule has 0 bridgehead atoms. The molecule has 132 valence electrons. The fourth-order valence-corrected chi connectivity index (χ4v) is 4.26. The number of rotatable bonds is 6. The Kier molecular flexibility index (Phi) is 4.92. The molecule has 0 amide bonds. The summed E-state index contributed by atoms with van der Waals surface area (Å²) >= 11 is 0. The molecule has 0 aliphatic carbocycles. The van der Waals surface area contributed by atoms with E-state index < -0.39 is 15.7 Å². The predicted octanol–water partition coefficient (Wildman–Crippen LogP) is 3.39. The first kappa shape index (κ1) is 17.6. The molecular weight excluding hydrogens is 339 g/mol. The number of hydrogen-bond acceptors (Lipinski definition) is 3. The third kappa shape index (κ3) is 3.91. The Bertz CT molecular complexity index is 976. The quantitative estimate of drug-likeness (QED) is 0.686. The third-order valence-electron chi connectivity index (χ3n) is 4.22. The number of aromatic amines is 1. The Balaban J connectivity index is 1.99. The summed E-state index contributed by atoms with van der Waals surface area (Å²) in [5, 5.41) is 1.05. The molecule has 2 aromatic carbocycles. The smallest absolute Gasteiger partial charge is 0.183 e. The topological polar surface area (TPSA) is 53.2 Å². The number of sulfone groups is 1. The number of para-hydroxylation sites is 1. The summed E-state index contributed by atoms with van der Waals surface area (Å²) < 4.78 is 38.5. The number of nitrogens with one attached hydrogen (secondary N) is 1. The molecule has 0 spiro atoms. The summed E-state index contributed by atoms with van der Waals surface area (Å²) in [5.74, 6) is -0.577. The normalized spacial score (nSPS) is 12.2. The molecule has 3 rings (SSSR count). The number of aromatic nitrogens is 1. The van der Waals surface area contributed by atoms with E-state index in [1.54, 1.807) is 0 Å². The lowest BCUT2D eigenvalue weighted by atomic mass is 10.1. The second-order valence-corrected chi connectivity index (χ2v) is 8.38. The molecular formula is C19H21FN2O2S. The van der Waals surface area contributed by atoms with Crippen LogP contribution in [0, 0.1) is 5.82 Å². The highest BCUT2D eigenvalue weighted by Crippen LogP contribution is 2.26. The zero-order valence-electron chi connectivity index (χ0n) is 14.3. The van der Waals surface area contributed by atoms with E-state index in [1.807, 2.05) is 38.4 Å². The first-order chi connectivity index (χ1) is 11.9. The highest BCUT2D eigenvalue weighted by atomic mass is 32.2. The molecule has 0 saturated heterocycles. The molecule has 6 heteroatoms. The van der Waals surface area contributed by atoms with Gasteiger partial charge in [-0.3, -0.25) is 0 Å². The van der Waals surface area contributed by atoms with Gasteiger partial charge in [0, 0.05) is 23.1 Å². The zero-order chi connectivity index (χ0) is 18.0. The van der Waals surface area contributed by atoms with Crippen molar-refractivity contribution in [1.82, 2.24) is 9.88 Å². The van der Waals surface area contributed by atoms with Gasteiger partial charge in [-0.1, -0.05) is 18.2 Å². The van der Waals surface area contributed by atoms with Crippen LogP contribution in [0.15, 0.2) is 53.4 Å². The van der Waals surface area contributed by atoms with Gasteiger partial charge in [0.2, 0.25) is 0 Å². The van der Waals surface area contributed by atoms with E-state index in [4.69, 9.17) is 0 Å². The van der Waals surface area contributed by atoms with Crippen molar-refractivity contribution in [2.24, 2.45) is 0 Å². The van der Waals surface area contributed by atoms with Crippen molar-refractivity contribution in [3.05, 3.63) is 65.6 Å². The number of H-pyrrole nitrogens is 1. The largest absolute Gasteiger partial charge is 0.357 e. The second kappa shape index (κ2) is 6.98. The molecule has 3 aromatic rings. The molecule has 25 heavy (non-hydrogen) atoms. The molecule has 0 radical (unpaired) electrons. The number of halogens is 1. The molecule has 1 heterocycles. The molecule has 1 aromatic heterocycles. The van der Waals surface area contributed by atoms with E-state index in [-0.39, 0.29) is 10.6 Å². The van der Waals surface area contributed by atoms with Gasteiger partial charge in [0.1, 0.15) is 5.82 Å². The van der Waals surface area contributed by atoms with Gasteiger partial charge in [-0.05, 0) is 56.4 Å². The molecule has 0 aliphatic rings. The van der Waals surface area contributed by atoms with Gasteiger partial charge in [-0.25, -0.2) is 12.8 Å². The van der Waals surface area contributed by atoms with Crippen molar-refractivity contribution in [2.45, 2.75) is 17.1 Å². The van der Waals surface area contributed by atoms with E-state index in [9.17, 15) is 12.8 Å². The van der Waals surface area contributed by atoms with E-state index in [1.165, 1.54) is 24.3 Å². The Morgan fingerprint density at radius 2 is 1.72 bits per heavy atom. The van der Waals surface area contributed by atoms with Crippen LogP contribution in [-0.2, 0) is 22.0 Å². The van der Waals surface area contributed by atoms with Crippen molar-refractivity contribution in [1.29, 1.82) is 0 Å². The minimum Gasteiger partial charge on any atom is -0.357 e. The van der Waals surface area contributed by atoms with Gasteiger partial charge in [-0.2, -0.15) is 0 Å². The maximum atomic E-state index is 13.1. The van der Waals surface area contributed by atoms with Crippen molar-refractivity contribution in [2.75, 3.05) is 20.6 Å². The van der Waals surface area contributed by atoms with Crippen LogP contribution in [0.2, 0.25) is 0 Å². The maximum absolute atomic E-state index is 13.1. The first-order valence-corrected chi connectivity index (χ1v) is 9.73. The summed E-state index contributed by atoms with van der Waals surface area (Å²) in [7, 11) is 0.429. The fraction of sp³-hybridized carbons (Fsp3) is 0.263. The van der Waals surface area contributed by atoms with Crippen LogP contribution in [-0.4, -0.2) is 38.9 Å². The summed E-state index contributed by atoms with van der Waals surface area (Å²) in [6, 6.07) is 12.8. The highest BCUT2D eigenvalue weighted by Gasteiger charge is 2.20. The van der Waals surface area contributed by atoms with E-state index in [2.05, 4.69) is 9.88 Å². The van der Waals surface area contributed by atoms with Gasteiger partial charge in [0.15, 0.2) is 9.84 Å². The standard InChI is InChI=1S/C19H21FN2O2S/c1-22(2)12-11-17-16-5-3-4-6-18(16)21-19(17)13-25(23,24)15-9-7-14(20)8-10-15/h3-10,21H,11-13H2,1-2H3. The lowest BCUT2D eigenvalue weighted by Gasteiger charge is -2.11. The Labute approximate surface area is 147 Å². The third-order valence-corrected chi connectivity index (χ3v) is 5.88. The van der Waals surface area contributed by atoms with Gasteiger partial charge in [0.25, 0.3) is 0 Å². The van der Waals surface area contributed by atoms with E-state index in [0.717, 1.165) is 29.4 Å². The minimum atomic E-state index is -3.55. The maximum Gasteiger partial charge on any atom is 0.183 e. The number of hydrogen-bond donors (Lipinski definition) is 1. The molecule has 4 nitrogen and oxygen atoms in total. The number of likely N-dealkylation sites (N-methyl/N-ethyl adjacent to an activating group) is 1. The Hall–Kier alpha value is -2.18. The monoisotopic (exact) mass is 360 g/mol. The average Bonchev–Trinajstić information content (AvgIpc) is 2.89. The van der Waals surface area contributed by atoms with Gasteiger partial charge >= 0.3 is 0 Å². The summed E-state index contributed by atoms with van der Waals surface area (Å²) in [6.07, 6.45) is 0.755.